The number of hydrogen-bond acceptors (Lipinski definition) is 5. The summed E-state index contributed by atoms with van der Waals surface area (Å²) in [5, 5.41) is 0.194. The number of piperidine rings is 1. The van der Waals surface area contributed by atoms with Gasteiger partial charge in [0.05, 0.1) is 6.61 Å². The number of rotatable bonds is 4. The molecule has 1 fully saturated rings. The summed E-state index contributed by atoms with van der Waals surface area (Å²) >= 11 is 5.95. The van der Waals surface area contributed by atoms with Gasteiger partial charge in [-0.3, -0.25) is 0 Å². The van der Waals surface area contributed by atoms with E-state index < -0.39 is 0 Å². The molecule has 19 heavy (non-hydrogen) atoms. The highest BCUT2D eigenvalue weighted by Crippen LogP contribution is 2.30. The number of aromatic nitrogens is 3. The zero-order chi connectivity index (χ0) is 13.9. The van der Waals surface area contributed by atoms with Crippen LogP contribution in [-0.2, 0) is 0 Å². The number of halogens is 1. The molecule has 0 N–H and O–H groups in total. The summed E-state index contributed by atoms with van der Waals surface area (Å²) in [6.07, 6.45) is 3.28. The van der Waals surface area contributed by atoms with Crippen molar-refractivity contribution in [1.82, 2.24) is 15.0 Å². The molecule has 0 radical (unpaired) electrons. The Bertz CT molecular complexity index is 439. The fraction of sp³-hybridized carbons (Fsp3) is 0.769. The van der Waals surface area contributed by atoms with Crippen molar-refractivity contribution in [2.45, 2.75) is 40.0 Å². The van der Waals surface area contributed by atoms with Gasteiger partial charge in [0.1, 0.15) is 0 Å². The minimum atomic E-state index is 0.194. The lowest BCUT2D eigenvalue weighted by Gasteiger charge is -2.37. The van der Waals surface area contributed by atoms with Crippen LogP contribution in [0.1, 0.15) is 40.0 Å². The highest BCUT2D eigenvalue weighted by Gasteiger charge is 2.28. The average molecular weight is 285 g/mol. The van der Waals surface area contributed by atoms with Gasteiger partial charge >= 0.3 is 6.01 Å². The van der Waals surface area contributed by atoms with E-state index in [9.17, 15) is 0 Å². The molecule has 0 saturated carbocycles. The van der Waals surface area contributed by atoms with E-state index in [0.717, 1.165) is 25.9 Å². The van der Waals surface area contributed by atoms with Crippen LogP contribution in [-0.4, -0.2) is 34.6 Å². The maximum absolute atomic E-state index is 5.95. The van der Waals surface area contributed by atoms with Gasteiger partial charge in [-0.2, -0.15) is 15.0 Å². The highest BCUT2D eigenvalue weighted by molar-refractivity contribution is 6.28. The van der Waals surface area contributed by atoms with Gasteiger partial charge in [0.15, 0.2) is 0 Å². The first-order valence-corrected chi connectivity index (χ1v) is 7.17. The van der Waals surface area contributed by atoms with E-state index in [1.807, 2.05) is 6.92 Å². The Morgan fingerprint density at radius 2 is 2.11 bits per heavy atom. The third kappa shape index (κ3) is 3.93. The Hall–Kier alpha value is -1.10. The monoisotopic (exact) mass is 284 g/mol. The van der Waals surface area contributed by atoms with Crippen LogP contribution in [0.3, 0.4) is 0 Å². The van der Waals surface area contributed by atoms with Crippen molar-refractivity contribution in [2.24, 2.45) is 5.41 Å². The second-order valence-electron chi connectivity index (χ2n) is 5.72. The van der Waals surface area contributed by atoms with Crippen LogP contribution in [0.2, 0.25) is 5.28 Å². The van der Waals surface area contributed by atoms with E-state index in [4.69, 9.17) is 16.3 Å². The van der Waals surface area contributed by atoms with Crippen molar-refractivity contribution in [3.05, 3.63) is 5.28 Å². The largest absolute Gasteiger partial charge is 0.463 e. The zero-order valence-electron chi connectivity index (χ0n) is 11.8. The summed E-state index contributed by atoms with van der Waals surface area (Å²) in [4.78, 5) is 14.7. The minimum Gasteiger partial charge on any atom is -0.463 e. The quantitative estimate of drug-likeness (QED) is 0.851. The van der Waals surface area contributed by atoms with Gasteiger partial charge in [-0.1, -0.05) is 20.8 Å². The average Bonchev–Trinajstić information content (AvgIpc) is 2.34. The molecule has 0 atom stereocenters. The van der Waals surface area contributed by atoms with Crippen molar-refractivity contribution in [1.29, 1.82) is 0 Å². The second kappa shape index (κ2) is 5.90. The number of nitrogens with zero attached hydrogens (tertiary/aromatic N) is 4. The predicted octanol–water partition coefficient (Wildman–Crippen LogP) is 2.94. The van der Waals surface area contributed by atoms with Crippen molar-refractivity contribution < 1.29 is 4.74 Å². The first kappa shape index (κ1) is 14.3. The van der Waals surface area contributed by atoms with Crippen LogP contribution in [0.15, 0.2) is 0 Å². The molecule has 1 saturated heterocycles. The molecule has 2 rings (SSSR count). The van der Waals surface area contributed by atoms with Crippen molar-refractivity contribution >= 4 is 17.5 Å². The predicted molar refractivity (Wildman–Crippen MR) is 75.9 cm³/mol. The van der Waals surface area contributed by atoms with Gasteiger partial charge in [0.2, 0.25) is 11.2 Å². The van der Waals surface area contributed by atoms with E-state index in [1.165, 1.54) is 6.42 Å². The maximum atomic E-state index is 5.95. The topological polar surface area (TPSA) is 51.1 Å². The van der Waals surface area contributed by atoms with Gasteiger partial charge < -0.3 is 9.64 Å². The third-order valence-corrected chi connectivity index (χ3v) is 3.36. The fourth-order valence-electron chi connectivity index (χ4n) is 2.32. The van der Waals surface area contributed by atoms with Gasteiger partial charge in [-0.25, -0.2) is 0 Å². The van der Waals surface area contributed by atoms with Crippen molar-refractivity contribution in [2.75, 3.05) is 24.6 Å². The van der Waals surface area contributed by atoms with Crippen LogP contribution in [0.5, 0.6) is 6.01 Å². The van der Waals surface area contributed by atoms with E-state index >= 15 is 0 Å². The summed E-state index contributed by atoms with van der Waals surface area (Å²) in [6.45, 7) is 9.03. The summed E-state index contributed by atoms with van der Waals surface area (Å²) in [7, 11) is 0. The SMILES string of the molecule is CCCOc1nc(Cl)nc(N2CCCC(C)(C)C2)n1. The summed E-state index contributed by atoms with van der Waals surface area (Å²) < 4.78 is 5.45. The third-order valence-electron chi connectivity index (χ3n) is 3.19. The molecule has 1 aromatic heterocycles. The van der Waals surface area contributed by atoms with E-state index in [-0.39, 0.29) is 10.7 Å². The Morgan fingerprint density at radius 1 is 1.32 bits per heavy atom. The molecule has 1 aliphatic heterocycles. The Labute approximate surface area is 119 Å². The molecule has 2 heterocycles. The van der Waals surface area contributed by atoms with Gasteiger partial charge in [-0.15, -0.1) is 0 Å². The van der Waals surface area contributed by atoms with E-state index in [0.29, 0.717) is 18.6 Å². The smallest absolute Gasteiger partial charge is 0.322 e. The maximum Gasteiger partial charge on any atom is 0.322 e. The van der Waals surface area contributed by atoms with Crippen LogP contribution in [0, 0.1) is 5.41 Å². The highest BCUT2D eigenvalue weighted by atomic mass is 35.5. The summed E-state index contributed by atoms with van der Waals surface area (Å²) in [5.41, 5.74) is 0.280. The molecule has 0 amide bonds. The van der Waals surface area contributed by atoms with Gasteiger partial charge in [-0.05, 0) is 36.3 Å². The van der Waals surface area contributed by atoms with Gasteiger partial charge in [0.25, 0.3) is 0 Å². The van der Waals surface area contributed by atoms with Crippen molar-refractivity contribution in [3.63, 3.8) is 0 Å². The molecule has 1 aliphatic rings. The molecular weight excluding hydrogens is 264 g/mol. The van der Waals surface area contributed by atoms with Crippen LogP contribution >= 0.6 is 11.6 Å². The fourth-order valence-corrected chi connectivity index (χ4v) is 2.46. The van der Waals surface area contributed by atoms with Crippen molar-refractivity contribution in [3.8, 4) is 6.01 Å². The van der Waals surface area contributed by atoms with Crippen LogP contribution < -0.4 is 9.64 Å². The molecule has 6 heteroatoms. The normalized spacial score (nSPS) is 18.4. The van der Waals surface area contributed by atoms with E-state index in [1.54, 1.807) is 0 Å². The second-order valence-corrected chi connectivity index (χ2v) is 6.06. The number of anilines is 1. The lowest BCUT2D eigenvalue weighted by molar-refractivity contribution is 0.281. The molecule has 0 spiro atoms. The molecule has 1 aromatic rings. The number of hydrogen-bond donors (Lipinski definition) is 0. The first-order valence-electron chi connectivity index (χ1n) is 6.79. The Balaban J connectivity index is 2.16. The van der Waals surface area contributed by atoms with E-state index in [2.05, 4.69) is 33.7 Å². The molecule has 5 nitrogen and oxygen atoms in total. The molecule has 106 valence electrons. The van der Waals surface area contributed by atoms with Gasteiger partial charge in [0, 0.05) is 13.1 Å². The number of ether oxygens (including phenoxy) is 1. The molecular formula is C13H21ClN4O. The minimum absolute atomic E-state index is 0.194. The zero-order valence-corrected chi connectivity index (χ0v) is 12.6. The molecule has 0 unspecified atom stereocenters. The first-order chi connectivity index (χ1) is 9.00. The van der Waals surface area contributed by atoms with Crippen LogP contribution in [0.25, 0.3) is 0 Å². The Kier molecular flexibility index (Phi) is 4.45. The van der Waals surface area contributed by atoms with Crippen LogP contribution in [0.4, 0.5) is 5.95 Å². The molecule has 0 bridgehead atoms. The molecule has 0 aliphatic carbocycles. The Morgan fingerprint density at radius 3 is 2.79 bits per heavy atom. The lowest BCUT2D eigenvalue weighted by Crippen LogP contribution is -2.41. The lowest BCUT2D eigenvalue weighted by atomic mass is 9.84. The summed E-state index contributed by atoms with van der Waals surface area (Å²) in [5.74, 6) is 0.624. The summed E-state index contributed by atoms with van der Waals surface area (Å²) in [6, 6.07) is 0.320. The molecule has 0 aromatic carbocycles. The standard InChI is InChI=1S/C13H21ClN4O/c1-4-8-19-12-16-10(14)15-11(17-12)18-7-5-6-13(2,3)9-18/h4-9H2,1-3H3.